The van der Waals surface area contributed by atoms with E-state index in [1.165, 1.54) is 12.1 Å². The molecule has 1 amide bonds. The first-order valence-electron chi connectivity index (χ1n) is 8.75. The summed E-state index contributed by atoms with van der Waals surface area (Å²) in [5.74, 6) is 0.968. The second-order valence-electron chi connectivity index (χ2n) is 6.85. The number of hydrogen-bond acceptors (Lipinski definition) is 6. The average molecular weight is 369 g/mol. The van der Waals surface area contributed by atoms with Crippen LogP contribution in [0.4, 0.5) is 0 Å². The van der Waals surface area contributed by atoms with Gasteiger partial charge in [0, 0.05) is 32.0 Å². The van der Waals surface area contributed by atoms with Gasteiger partial charge in [-0.3, -0.25) is 14.4 Å². The maximum atomic E-state index is 12.6. The first-order valence-corrected chi connectivity index (χ1v) is 8.75. The molecule has 1 N–H and O–H groups in total. The predicted molar refractivity (Wildman–Crippen MR) is 95.3 cm³/mol. The predicted octanol–water partition coefficient (Wildman–Crippen LogP) is 1.42. The number of rotatable bonds is 2. The Hall–Kier alpha value is -3.16. The molecule has 2 aliphatic rings. The highest BCUT2D eigenvalue weighted by Gasteiger charge is 2.44. The van der Waals surface area contributed by atoms with Crippen molar-refractivity contribution >= 4 is 11.7 Å². The molecule has 4 rings (SSSR count). The number of ether oxygens (including phenoxy) is 2. The molecule has 27 heavy (non-hydrogen) atoms. The summed E-state index contributed by atoms with van der Waals surface area (Å²) in [7, 11) is 1.56. The monoisotopic (exact) mass is 369 g/mol. The van der Waals surface area contributed by atoms with Gasteiger partial charge in [-0.2, -0.15) is 5.10 Å². The SMILES string of the molecule is COc1ccc2c(c1)C(=O)CC1(CCN(C(=O)c3ccc(=O)[nH]n3)CC1)O2. The molecule has 140 valence electrons. The Morgan fingerprint density at radius 1 is 1.22 bits per heavy atom. The van der Waals surface area contributed by atoms with E-state index < -0.39 is 5.60 Å². The van der Waals surface area contributed by atoms with Gasteiger partial charge in [-0.25, -0.2) is 5.10 Å². The van der Waals surface area contributed by atoms with Gasteiger partial charge in [0.05, 0.1) is 19.1 Å². The van der Waals surface area contributed by atoms with E-state index in [1.807, 2.05) is 0 Å². The molecule has 1 saturated heterocycles. The van der Waals surface area contributed by atoms with Gasteiger partial charge < -0.3 is 14.4 Å². The number of amides is 1. The number of likely N-dealkylation sites (tertiary alicyclic amines) is 1. The number of aromatic amines is 1. The van der Waals surface area contributed by atoms with Gasteiger partial charge in [0.15, 0.2) is 5.78 Å². The topological polar surface area (TPSA) is 102 Å². The summed E-state index contributed by atoms with van der Waals surface area (Å²) in [5, 5.41) is 6.06. The number of fused-ring (bicyclic) bond motifs is 1. The molecule has 1 fully saturated rings. The lowest BCUT2D eigenvalue weighted by Crippen LogP contribution is -2.52. The average Bonchev–Trinajstić information content (AvgIpc) is 2.68. The highest BCUT2D eigenvalue weighted by molar-refractivity contribution is 6.00. The fourth-order valence-electron chi connectivity index (χ4n) is 3.62. The maximum Gasteiger partial charge on any atom is 0.274 e. The molecule has 0 aliphatic carbocycles. The molecule has 0 bridgehead atoms. The molecule has 8 nitrogen and oxygen atoms in total. The fraction of sp³-hybridized carbons (Fsp3) is 0.368. The minimum absolute atomic E-state index is 0.0252. The van der Waals surface area contributed by atoms with Gasteiger partial charge >= 0.3 is 0 Å². The number of benzene rings is 1. The number of nitrogens with zero attached hydrogens (tertiary/aromatic N) is 2. The van der Waals surface area contributed by atoms with E-state index in [0.717, 1.165) is 0 Å². The molecule has 0 unspecified atom stereocenters. The molecule has 1 spiro atoms. The lowest BCUT2D eigenvalue weighted by Gasteiger charge is -2.43. The lowest BCUT2D eigenvalue weighted by molar-refractivity contribution is -0.00593. The summed E-state index contributed by atoms with van der Waals surface area (Å²) in [6.07, 6.45) is 1.39. The van der Waals surface area contributed by atoms with E-state index in [-0.39, 0.29) is 29.4 Å². The van der Waals surface area contributed by atoms with Crippen LogP contribution in [0.5, 0.6) is 11.5 Å². The zero-order valence-corrected chi connectivity index (χ0v) is 14.9. The standard InChI is InChI=1S/C19H19N3O5/c1-26-12-2-4-16-13(10-12)15(23)11-19(27-16)6-8-22(9-7-19)18(25)14-3-5-17(24)21-20-14/h2-5,10H,6-9,11H2,1H3,(H,21,24). The molecular formula is C19H19N3O5. The lowest BCUT2D eigenvalue weighted by atomic mass is 9.82. The first-order chi connectivity index (χ1) is 13.0. The third-order valence-electron chi connectivity index (χ3n) is 5.16. The minimum atomic E-state index is -0.589. The summed E-state index contributed by atoms with van der Waals surface area (Å²) < 4.78 is 11.4. The van der Waals surface area contributed by atoms with Crippen LogP contribution in [0, 0.1) is 0 Å². The van der Waals surface area contributed by atoms with Gasteiger partial charge in [0.2, 0.25) is 0 Å². The molecule has 0 saturated carbocycles. The van der Waals surface area contributed by atoms with Crippen LogP contribution in [0.2, 0.25) is 0 Å². The van der Waals surface area contributed by atoms with Crippen molar-refractivity contribution in [3.05, 3.63) is 51.9 Å². The van der Waals surface area contributed by atoms with Crippen molar-refractivity contribution in [2.45, 2.75) is 24.9 Å². The number of methoxy groups -OCH3 is 1. The number of aromatic nitrogens is 2. The summed E-state index contributed by atoms with van der Waals surface area (Å²) in [6, 6.07) is 7.92. The van der Waals surface area contributed by atoms with Crippen molar-refractivity contribution < 1.29 is 19.1 Å². The minimum Gasteiger partial charge on any atom is -0.497 e. The Morgan fingerprint density at radius 2 is 2.00 bits per heavy atom. The number of carbonyl (C=O) groups is 2. The molecule has 2 aliphatic heterocycles. The Labute approximate surface area is 155 Å². The Balaban J connectivity index is 1.48. The van der Waals surface area contributed by atoms with Gasteiger partial charge in [-0.15, -0.1) is 0 Å². The highest BCUT2D eigenvalue weighted by Crippen LogP contribution is 2.40. The molecule has 2 aromatic rings. The van der Waals surface area contributed by atoms with E-state index in [1.54, 1.807) is 30.2 Å². The third-order valence-corrected chi connectivity index (χ3v) is 5.16. The van der Waals surface area contributed by atoms with Crippen molar-refractivity contribution in [2.75, 3.05) is 20.2 Å². The van der Waals surface area contributed by atoms with Gasteiger partial charge in [0.1, 0.15) is 22.8 Å². The number of piperidine rings is 1. The fourth-order valence-corrected chi connectivity index (χ4v) is 3.62. The number of H-pyrrole nitrogens is 1. The number of nitrogens with one attached hydrogen (secondary N) is 1. The van der Waals surface area contributed by atoms with Gasteiger partial charge in [0.25, 0.3) is 11.5 Å². The number of ketones is 1. The molecular weight excluding hydrogens is 350 g/mol. The summed E-state index contributed by atoms with van der Waals surface area (Å²) in [4.78, 5) is 37.9. The van der Waals surface area contributed by atoms with E-state index in [0.29, 0.717) is 43.0 Å². The van der Waals surface area contributed by atoms with Crippen LogP contribution in [0.25, 0.3) is 0 Å². The largest absolute Gasteiger partial charge is 0.497 e. The maximum absolute atomic E-state index is 12.6. The molecule has 0 atom stereocenters. The Morgan fingerprint density at radius 3 is 2.67 bits per heavy atom. The summed E-state index contributed by atoms with van der Waals surface area (Å²) >= 11 is 0. The quantitative estimate of drug-likeness (QED) is 0.859. The van der Waals surface area contributed by atoms with Crippen LogP contribution in [-0.2, 0) is 0 Å². The van der Waals surface area contributed by atoms with Crippen molar-refractivity contribution in [3.63, 3.8) is 0 Å². The number of hydrogen-bond donors (Lipinski definition) is 1. The normalized spacial score (nSPS) is 18.0. The van der Waals surface area contributed by atoms with Crippen molar-refractivity contribution in [3.8, 4) is 11.5 Å². The van der Waals surface area contributed by atoms with E-state index in [9.17, 15) is 14.4 Å². The number of Topliss-reactive ketones (excluding diaryl/α,β-unsaturated/α-hetero) is 1. The molecule has 0 radical (unpaired) electrons. The summed E-state index contributed by atoms with van der Waals surface area (Å²) in [6.45, 7) is 0.914. The van der Waals surface area contributed by atoms with E-state index in [2.05, 4.69) is 10.2 Å². The third kappa shape index (κ3) is 3.18. The van der Waals surface area contributed by atoms with Crippen molar-refractivity contribution in [2.24, 2.45) is 0 Å². The second kappa shape index (κ2) is 6.53. The molecule has 1 aromatic carbocycles. The Kier molecular flexibility index (Phi) is 4.18. The van der Waals surface area contributed by atoms with Crippen LogP contribution in [0.3, 0.4) is 0 Å². The Bertz CT molecular complexity index is 940. The van der Waals surface area contributed by atoms with E-state index >= 15 is 0 Å². The van der Waals surface area contributed by atoms with Crippen LogP contribution in [-0.4, -0.2) is 52.6 Å². The van der Waals surface area contributed by atoms with Crippen LogP contribution in [0.1, 0.15) is 40.1 Å². The van der Waals surface area contributed by atoms with Crippen LogP contribution >= 0.6 is 0 Å². The summed E-state index contributed by atoms with van der Waals surface area (Å²) in [5.41, 5.74) is -0.207. The smallest absolute Gasteiger partial charge is 0.274 e. The highest BCUT2D eigenvalue weighted by atomic mass is 16.5. The zero-order valence-electron chi connectivity index (χ0n) is 14.9. The van der Waals surface area contributed by atoms with Gasteiger partial charge in [-0.05, 0) is 24.3 Å². The number of carbonyl (C=O) groups excluding carboxylic acids is 2. The van der Waals surface area contributed by atoms with E-state index in [4.69, 9.17) is 9.47 Å². The second-order valence-corrected chi connectivity index (χ2v) is 6.85. The van der Waals surface area contributed by atoms with Crippen molar-refractivity contribution in [1.29, 1.82) is 0 Å². The van der Waals surface area contributed by atoms with Crippen LogP contribution < -0.4 is 15.0 Å². The molecule has 1 aromatic heterocycles. The molecule has 3 heterocycles. The molecule has 8 heteroatoms. The zero-order chi connectivity index (χ0) is 19.0. The van der Waals surface area contributed by atoms with Crippen molar-refractivity contribution in [1.82, 2.24) is 15.1 Å². The van der Waals surface area contributed by atoms with Gasteiger partial charge in [-0.1, -0.05) is 0 Å². The van der Waals surface area contributed by atoms with Crippen LogP contribution in [0.15, 0.2) is 35.1 Å². The first kappa shape index (κ1) is 17.3.